The van der Waals surface area contributed by atoms with Gasteiger partial charge in [-0.3, -0.25) is 10.1 Å². The van der Waals surface area contributed by atoms with Crippen LogP contribution in [0.25, 0.3) is 4.85 Å². The third kappa shape index (κ3) is 2.71. The first kappa shape index (κ1) is 17.1. The molecule has 1 unspecified atom stereocenters. The molecule has 7 heteroatoms. The maximum absolute atomic E-state index is 11.3. The number of ether oxygens (including phenoxy) is 1. The second-order valence-corrected chi connectivity index (χ2v) is 7.01. The summed E-state index contributed by atoms with van der Waals surface area (Å²) in [6.45, 7) is 11.7. The first-order chi connectivity index (χ1) is 12.9. The second kappa shape index (κ2) is 6.11. The van der Waals surface area contributed by atoms with Crippen LogP contribution in [-0.2, 0) is 11.3 Å². The van der Waals surface area contributed by atoms with Crippen LogP contribution in [0, 0.1) is 16.7 Å². The Morgan fingerprint density at radius 3 is 2.67 bits per heavy atom. The standard InChI is InChI=1S/C20H18N4O3/c1-20(2)18(12-21-3)23-17-11-15(24(25)26)9-10-16(17)22(19(23)27-20)13-14-7-5-4-6-8-14/h4-12,19H,13H2,1-2H3/b18-12-. The molecule has 2 aliphatic rings. The highest BCUT2D eigenvalue weighted by molar-refractivity contribution is 5.82. The summed E-state index contributed by atoms with van der Waals surface area (Å²) in [5.74, 6) is 0. The first-order valence-electron chi connectivity index (χ1n) is 8.55. The van der Waals surface area contributed by atoms with Gasteiger partial charge in [-0.15, -0.1) is 0 Å². The molecule has 0 spiro atoms. The molecule has 1 atom stereocenters. The van der Waals surface area contributed by atoms with Crippen molar-refractivity contribution >= 4 is 17.1 Å². The lowest BCUT2D eigenvalue weighted by atomic mass is 10.1. The highest BCUT2D eigenvalue weighted by Gasteiger charge is 2.51. The summed E-state index contributed by atoms with van der Waals surface area (Å²) in [6.07, 6.45) is 0.986. The summed E-state index contributed by atoms with van der Waals surface area (Å²) < 4.78 is 6.28. The van der Waals surface area contributed by atoms with Crippen LogP contribution >= 0.6 is 0 Å². The van der Waals surface area contributed by atoms with Crippen molar-refractivity contribution in [1.29, 1.82) is 0 Å². The summed E-state index contributed by atoms with van der Waals surface area (Å²) >= 11 is 0. The molecule has 27 heavy (non-hydrogen) atoms. The molecule has 2 aromatic rings. The zero-order valence-corrected chi connectivity index (χ0v) is 15.0. The van der Waals surface area contributed by atoms with Crippen molar-refractivity contribution in [3.63, 3.8) is 0 Å². The van der Waals surface area contributed by atoms with Crippen molar-refractivity contribution in [3.8, 4) is 0 Å². The van der Waals surface area contributed by atoms with Gasteiger partial charge in [0.15, 0.2) is 6.20 Å². The SMILES string of the molecule is [C-]#[N+]/C=C1\N2c3cc([N+](=O)[O-])ccc3N(Cc3ccccc3)C2OC1(C)C. The van der Waals surface area contributed by atoms with Gasteiger partial charge in [-0.05, 0) is 25.5 Å². The van der Waals surface area contributed by atoms with Crippen molar-refractivity contribution in [2.75, 3.05) is 9.80 Å². The lowest BCUT2D eigenvalue weighted by molar-refractivity contribution is -0.384. The predicted octanol–water partition coefficient (Wildman–Crippen LogP) is 4.27. The number of fused-ring (bicyclic) bond motifs is 3. The molecule has 2 heterocycles. The van der Waals surface area contributed by atoms with Gasteiger partial charge in [0.1, 0.15) is 0 Å². The maximum Gasteiger partial charge on any atom is 0.271 e. The highest BCUT2D eigenvalue weighted by atomic mass is 16.6. The van der Waals surface area contributed by atoms with Crippen molar-refractivity contribution < 1.29 is 9.66 Å². The molecule has 0 radical (unpaired) electrons. The number of non-ortho nitro benzene ring substituents is 1. The van der Waals surface area contributed by atoms with Crippen LogP contribution in [0.5, 0.6) is 0 Å². The fourth-order valence-electron chi connectivity index (χ4n) is 3.64. The number of benzene rings is 2. The second-order valence-electron chi connectivity index (χ2n) is 7.01. The zero-order valence-electron chi connectivity index (χ0n) is 15.0. The molecule has 2 aromatic carbocycles. The number of rotatable bonds is 3. The zero-order chi connectivity index (χ0) is 19.2. The lowest BCUT2D eigenvalue weighted by Crippen LogP contribution is -2.39. The number of hydrogen-bond acceptors (Lipinski definition) is 5. The van der Waals surface area contributed by atoms with Gasteiger partial charge in [-0.2, -0.15) is 0 Å². The Balaban J connectivity index is 1.85. The normalized spacial score (nSPS) is 21.1. The number of anilines is 2. The van der Waals surface area contributed by atoms with Crippen molar-refractivity contribution in [2.24, 2.45) is 0 Å². The smallest absolute Gasteiger partial charge is 0.271 e. The van der Waals surface area contributed by atoms with Gasteiger partial charge >= 0.3 is 0 Å². The van der Waals surface area contributed by atoms with Gasteiger partial charge in [-0.25, -0.2) is 4.85 Å². The highest BCUT2D eigenvalue weighted by Crippen LogP contribution is 2.51. The van der Waals surface area contributed by atoms with Crippen LogP contribution in [0.4, 0.5) is 17.1 Å². The van der Waals surface area contributed by atoms with Crippen molar-refractivity contribution in [1.82, 2.24) is 0 Å². The number of nitro groups is 1. The summed E-state index contributed by atoms with van der Waals surface area (Å²) in [7, 11) is 0. The minimum absolute atomic E-state index is 0.0147. The molecule has 136 valence electrons. The van der Waals surface area contributed by atoms with Crippen LogP contribution in [0.1, 0.15) is 19.4 Å². The quantitative estimate of drug-likeness (QED) is 0.463. The topological polar surface area (TPSA) is 63.2 Å². The van der Waals surface area contributed by atoms with E-state index in [0.717, 1.165) is 11.3 Å². The van der Waals surface area contributed by atoms with E-state index in [-0.39, 0.29) is 5.69 Å². The van der Waals surface area contributed by atoms with Gasteiger partial charge < -0.3 is 14.5 Å². The van der Waals surface area contributed by atoms with Crippen LogP contribution < -0.4 is 9.80 Å². The molecular formula is C20H18N4O3. The van der Waals surface area contributed by atoms with E-state index >= 15 is 0 Å². The Hall–Kier alpha value is -3.37. The van der Waals surface area contributed by atoms with Gasteiger partial charge in [0.05, 0.1) is 34.2 Å². The third-order valence-corrected chi connectivity index (χ3v) is 4.89. The van der Waals surface area contributed by atoms with E-state index in [4.69, 9.17) is 11.3 Å². The monoisotopic (exact) mass is 362 g/mol. The average Bonchev–Trinajstić information content (AvgIpc) is 3.07. The van der Waals surface area contributed by atoms with Gasteiger partial charge in [-0.1, -0.05) is 30.3 Å². The largest absolute Gasteiger partial charge is 0.329 e. The van der Waals surface area contributed by atoms with E-state index in [0.29, 0.717) is 17.9 Å². The van der Waals surface area contributed by atoms with Gasteiger partial charge in [0.2, 0.25) is 6.35 Å². The molecule has 7 nitrogen and oxygen atoms in total. The minimum Gasteiger partial charge on any atom is -0.329 e. The molecule has 0 bridgehead atoms. The molecule has 1 saturated heterocycles. The van der Waals surface area contributed by atoms with E-state index in [1.165, 1.54) is 12.3 Å². The van der Waals surface area contributed by atoms with E-state index in [1.54, 1.807) is 12.1 Å². The Bertz CT molecular complexity index is 978. The molecule has 0 aromatic heterocycles. The molecule has 0 amide bonds. The van der Waals surface area contributed by atoms with E-state index < -0.39 is 16.9 Å². The average molecular weight is 362 g/mol. The summed E-state index contributed by atoms with van der Waals surface area (Å²) in [5.41, 5.74) is 2.67. The van der Waals surface area contributed by atoms with Crippen LogP contribution in [-0.4, -0.2) is 16.9 Å². The predicted molar refractivity (Wildman–Crippen MR) is 102 cm³/mol. The summed E-state index contributed by atoms with van der Waals surface area (Å²) in [6, 6.07) is 14.8. The Kier molecular flexibility index (Phi) is 3.86. The summed E-state index contributed by atoms with van der Waals surface area (Å²) in [5, 5.41) is 11.3. The van der Waals surface area contributed by atoms with Crippen LogP contribution in [0.2, 0.25) is 0 Å². The fraction of sp³-hybridized carbons (Fsp3) is 0.250. The Labute approximate surface area is 157 Å². The Morgan fingerprint density at radius 1 is 1.26 bits per heavy atom. The minimum atomic E-state index is -0.674. The van der Waals surface area contributed by atoms with Crippen molar-refractivity contribution in [3.05, 3.63) is 87.5 Å². The number of nitrogens with zero attached hydrogens (tertiary/aromatic N) is 4. The van der Waals surface area contributed by atoms with E-state index in [1.807, 2.05) is 49.1 Å². The molecule has 0 saturated carbocycles. The molecule has 4 rings (SSSR count). The number of hydrogen-bond donors (Lipinski definition) is 0. The number of nitro benzene ring substituents is 1. The molecule has 0 N–H and O–H groups in total. The molecule has 2 aliphatic heterocycles. The molecule has 0 aliphatic carbocycles. The lowest BCUT2D eigenvalue weighted by Gasteiger charge is -2.27. The Morgan fingerprint density at radius 2 is 2.00 bits per heavy atom. The fourth-order valence-corrected chi connectivity index (χ4v) is 3.64. The van der Waals surface area contributed by atoms with E-state index in [9.17, 15) is 10.1 Å². The summed E-state index contributed by atoms with van der Waals surface area (Å²) in [4.78, 5) is 18.3. The van der Waals surface area contributed by atoms with Crippen LogP contribution in [0.3, 0.4) is 0 Å². The molecule has 1 fully saturated rings. The van der Waals surface area contributed by atoms with E-state index in [2.05, 4.69) is 9.74 Å². The van der Waals surface area contributed by atoms with Crippen molar-refractivity contribution in [2.45, 2.75) is 32.3 Å². The van der Waals surface area contributed by atoms with Gasteiger partial charge in [0.25, 0.3) is 5.69 Å². The first-order valence-corrected chi connectivity index (χ1v) is 8.55. The van der Waals surface area contributed by atoms with Crippen LogP contribution in [0.15, 0.2) is 60.4 Å². The molecular weight excluding hydrogens is 344 g/mol. The maximum atomic E-state index is 11.3. The van der Waals surface area contributed by atoms with Gasteiger partial charge in [0, 0.05) is 18.7 Å². The third-order valence-electron chi connectivity index (χ3n) is 4.89.